The predicted molar refractivity (Wildman–Crippen MR) is 61.2 cm³/mol. The van der Waals surface area contributed by atoms with E-state index in [1.807, 2.05) is 0 Å². The fraction of sp³-hybridized carbons (Fsp3) is 0.917. The molecule has 0 saturated heterocycles. The van der Waals surface area contributed by atoms with Gasteiger partial charge in [0.15, 0.2) is 0 Å². The van der Waals surface area contributed by atoms with Gasteiger partial charge in [-0.25, -0.2) is 0 Å². The largest absolute Gasteiger partial charge is 0.351 e. The Morgan fingerprint density at radius 3 is 2.00 bits per heavy atom. The highest BCUT2D eigenvalue weighted by Crippen LogP contribution is 2.20. The lowest BCUT2D eigenvalue weighted by Gasteiger charge is -2.25. The molecule has 2 nitrogen and oxygen atoms in total. The Bertz CT molecular complexity index is 189. The summed E-state index contributed by atoms with van der Waals surface area (Å²) in [6, 6.07) is 0. The van der Waals surface area contributed by atoms with Crippen LogP contribution in [0.15, 0.2) is 0 Å². The first-order valence-electron chi connectivity index (χ1n) is 5.47. The second-order valence-corrected chi connectivity index (χ2v) is 5.85. The zero-order chi connectivity index (χ0) is 11.4. The quantitative estimate of drug-likeness (QED) is 0.740. The van der Waals surface area contributed by atoms with Gasteiger partial charge in [-0.3, -0.25) is 4.79 Å². The van der Waals surface area contributed by atoms with Crippen LogP contribution in [0.1, 0.15) is 60.8 Å². The fourth-order valence-electron chi connectivity index (χ4n) is 1.02. The van der Waals surface area contributed by atoms with Crippen molar-refractivity contribution in [1.82, 2.24) is 5.32 Å². The van der Waals surface area contributed by atoms with Crippen LogP contribution in [0.3, 0.4) is 0 Å². The number of carbonyl (C=O) groups is 1. The molecule has 0 radical (unpaired) electrons. The van der Waals surface area contributed by atoms with Crippen molar-refractivity contribution in [3.63, 3.8) is 0 Å². The third-order valence-electron chi connectivity index (χ3n) is 2.46. The molecule has 1 amide bonds. The molecule has 0 rings (SSSR count). The number of hydrogen-bond donors (Lipinski definition) is 1. The average molecular weight is 199 g/mol. The van der Waals surface area contributed by atoms with Crippen molar-refractivity contribution >= 4 is 5.91 Å². The molecule has 0 atom stereocenters. The molecule has 0 unspecified atom stereocenters. The van der Waals surface area contributed by atoms with Gasteiger partial charge in [0.2, 0.25) is 5.91 Å². The van der Waals surface area contributed by atoms with Crippen molar-refractivity contribution in [3.8, 4) is 0 Å². The van der Waals surface area contributed by atoms with Gasteiger partial charge in [0.1, 0.15) is 0 Å². The van der Waals surface area contributed by atoms with Crippen molar-refractivity contribution in [1.29, 1.82) is 0 Å². The standard InChI is InChI=1S/C12H25NO/c1-7-12(5,6)13-10(14)8-9-11(2,3)4/h7-9H2,1-6H3,(H,13,14). The molecule has 0 spiro atoms. The monoisotopic (exact) mass is 199 g/mol. The van der Waals surface area contributed by atoms with Crippen LogP contribution >= 0.6 is 0 Å². The topological polar surface area (TPSA) is 29.1 Å². The Morgan fingerprint density at radius 2 is 1.64 bits per heavy atom. The summed E-state index contributed by atoms with van der Waals surface area (Å²) in [7, 11) is 0. The first-order valence-corrected chi connectivity index (χ1v) is 5.47. The summed E-state index contributed by atoms with van der Waals surface area (Å²) in [5.41, 5.74) is 0.183. The van der Waals surface area contributed by atoms with Gasteiger partial charge in [-0.2, -0.15) is 0 Å². The van der Waals surface area contributed by atoms with Gasteiger partial charge in [-0.15, -0.1) is 0 Å². The number of carbonyl (C=O) groups excluding carboxylic acids is 1. The SMILES string of the molecule is CCC(C)(C)NC(=O)CCC(C)(C)C. The zero-order valence-electron chi connectivity index (χ0n) is 10.5. The van der Waals surface area contributed by atoms with E-state index in [2.05, 4.69) is 46.9 Å². The van der Waals surface area contributed by atoms with Crippen LogP contribution < -0.4 is 5.32 Å². The Morgan fingerprint density at radius 1 is 1.14 bits per heavy atom. The third-order valence-corrected chi connectivity index (χ3v) is 2.46. The van der Waals surface area contributed by atoms with Gasteiger partial charge in [0, 0.05) is 12.0 Å². The Labute approximate surface area is 88.5 Å². The molecule has 0 aliphatic heterocycles. The van der Waals surface area contributed by atoms with E-state index in [0.29, 0.717) is 6.42 Å². The number of hydrogen-bond acceptors (Lipinski definition) is 1. The summed E-state index contributed by atoms with van der Waals surface area (Å²) in [5, 5.41) is 3.04. The molecule has 0 aromatic carbocycles. The van der Waals surface area contributed by atoms with E-state index in [1.54, 1.807) is 0 Å². The van der Waals surface area contributed by atoms with Crippen molar-refractivity contribution < 1.29 is 4.79 Å². The van der Waals surface area contributed by atoms with Crippen LogP contribution in [0.2, 0.25) is 0 Å². The van der Waals surface area contributed by atoms with Gasteiger partial charge >= 0.3 is 0 Å². The van der Waals surface area contributed by atoms with Gasteiger partial charge in [0.05, 0.1) is 0 Å². The summed E-state index contributed by atoms with van der Waals surface area (Å²) in [6.07, 6.45) is 2.54. The molecule has 2 heteroatoms. The number of nitrogens with one attached hydrogen (secondary N) is 1. The van der Waals surface area contributed by atoms with Crippen LogP contribution in [-0.2, 0) is 4.79 Å². The van der Waals surface area contributed by atoms with E-state index in [0.717, 1.165) is 12.8 Å². The zero-order valence-corrected chi connectivity index (χ0v) is 10.5. The van der Waals surface area contributed by atoms with Crippen molar-refractivity contribution in [2.24, 2.45) is 5.41 Å². The minimum atomic E-state index is -0.0605. The second kappa shape index (κ2) is 4.81. The van der Waals surface area contributed by atoms with E-state index in [9.17, 15) is 4.79 Å². The van der Waals surface area contributed by atoms with Gasteiger partial charge in [-0.05, 0) is 32.1 Å². The molecule has 0 saturated carbocycles. The molecule has 0 aromatic rings. The first-order chi connectivity index (χ1) is 6.16. The van der Waals surface area contributed by atoms with Crippen LogP contribution in [0.4, 0.5) is 0 Å². The lowest BCUT2D eigenvalue weighted by molar-refractivity contribution is -0.123. The molecule has 0 bridgehead atoms. The number of rotatable bonds is 4. The van der Waals surface area contributed by atoms with Crippen molar-refractivity contribution in [2.75, 3.05) is 0 Å². The summed E-state index contributed by atoms with van der Waals surface area (Å²) in [6.45, 7) is 12.7. The normalized spacial score (nSPS) is 12.7. The van der Waals surface area contributed by atoms with Crippen LogP contribution in [0, 0.1) is 5.41 Å². The smallest absolute Gasteiger partial charge is 0.220 e. The van der Waals surface area contributed by atoms with E-state index in [-0.39, 0.29) is 16.9 Å². The molecule has 0 heterocycles. The van der Waals surface area contributed by atoms with Crippen molar-refractivity contribution in [3.05, 3.63) is 0 Å². The molecular formula is C12H25NO. The Balaban J connectivity index is 3.89. The van der Waals surface area contributed by atoms with Crippen LogP contribution in [0.5, 0.6) is 0 Å². The molecular weight excluding hydrogens is 174 g/mol. The summed E-state index contributed by atoms with van der Waals surface area (Å²) in [4.78, 5) is 11.6. The van der Waals surface area contributed by atoms with Gasteiger partial charge in [0.25, 0.3) is 0 Å². The predicted octanol–water partition coefficient (Wildman–Crippen LogP) is 3.12. The maximum atomic E-state index is 11.6. The molecule has 0 aliphatic carbocycles. The van der Waals surface area contributed by atoms with E-state index >= 15 is 0 Å². The highest BCUT2D eigenvalue weighted by molar-refractivity contribution is 5.76. The lowest BCUT2D eigenvalue weighted by Crippen LogP contribution is -2.42. The van der Waals surface area contributed by atoms with E-state index in [4.69, 9.17) is 0 Å². The highest BCUT2D eigenvalue weighted by Gasteiger charge is 2.19. The van der Waals surface area contributed by atoms with E-state index < -0.39 is 0 Å². The van der Waals surface area contributed by atoms with Gasteiger partial charge < -0.3 is 5.32 Å². The molecule has 0 aliphatic rings. The summed E-state index contributed by atoms with van der Waals surface area (Å²) >= 11 is 0. The fourth-order valence-corrected chi connectivity index (χ4v) is 1.02. The van der Waals surface area contributed by atoms with Crippen LogP contribution in [-0.4, -0.2) is 11.4 Å². The molecule has 0 fully saturated rings. The maximum Gasteiger partial charge on any atom is 0.220 e. The summed E-state index contributed by atoms with van der Waals surface area (Å²) < 4.78 is 0. The maximum absolute atomic E-state index is 11.6. The minimum absolute atomic E-state index is 0.0605. The molecule has 14 heavy (non-hydrogen) atoms. The summed E-state index contributed by atoms with van der Waals surface area (Å²) in [5.74, 6) is 0.173. The minimum Gasteiger partial charge on any atom is -0.351 e. The Hall–Kier alpha value is -0.530. The lowest BCUT2D eigenvalue weighted by atomic mass is 9.90. The Kier molecular flexibility index (Phi) is 4.63. The van der Waals surface area contributed by atoms with Gasteiger partial charge in [-0.1, -0.05) is 27.7 Å². The van der Waals surface area contributed by atoms with E-state index in [1.165, 1.54) is 0 Å². The molecule has 1 N–H and O–H groups in total. The first kappa shape index (κ1) is 13.5. The second-order valence-electron chi connectivity index (χ2n) is 5.85. The average Bonchev–Trinajstić information content (AvgIpc) is 1.99. The molecule has 0 aromatic heterocycles. The number of amides is 1. The van der Waals surface area contributed by atoms with Crippen molar-refractivity contribution in [2.45, 2.75) is 66.3 Å². The highest BCUT2D eigenvalue weighted by atomic mass is 16.1. The molecule has 84 valence electrons. The third kappa shape index (κ3) is 6.93. The van der Waals surface area contributed by atoms with Crippen LogP contribution in [0.25, 0.3) is 0 Å².